The number of methoxy groups -OCH3 is 1. The summed E-state index contributed by atoms with van der Waals surface area (Å²) >= 11 is 0. The molecule has 4 rings (SSSR count). The van der Waals surface area contributed by atoms with E-state index in [0.29, 0.717) is 16.7 Å². The molecule has 0 bridgehead atoms. The van der Waals surface area contributed by atoms with Crippen molar-refractivity contribution in [1.29, 1.82) is 0 Å². The molecule has 0 spiro atoms. The minimum absolute atomic E-state index is 0.0118. The van der Waals surface area contributed by atoms with Crippen LogP contribution in [-0.4, -0.2) is 88.7 Å². The summed E-state index contributed by atoms with van der Waals surface area (Å²) in [7, 11) is 1.18. The van der Waals surface area contributed by atoms with Gasteiger partial charge in [0, 0.05) is 12.8 Å². The van der Waals surface area contributed by atoms with Crippen molar-refractivity contribution < 1.29 is 43.0 Å². The predicted molar refractivity (Wildman–Crippen MR) is 234 cm³/mol. The fraction of sp³-hybridized carbons (Fsp3) is 0.326. The van der Waals surface area contributed by atoms with E-state index in [2.05, 4.69) is 32.1 Å². The van der Waals surface area contributed by atoms with Crippen LogP contribution in [0.1, 0.15) is 56.9 Å². The van der Waals surface area contributed by atoms with Crippen molar-refractivity contribution >= 4 is 41.8 Å². The van der Waals surface area contributed by atoms with Crippen LogP contribution in [0.15, 0.2) is 121 Å². The average Bonchev–Trinajstić information content (AvgIpc) is 3.25. The van der Waals surface area contributed by atoms with Crippen LogP contribution in [0.4, 0.5) is 14.4 Å². The largest absolute Gasteiger partial charge is 0.467 e. The van der Waals surface area contributed by atoms with E-state index in [1.807, 2.05) is 6.07 Å². The van der Waals surface area contributed by atoms with Crippen molar-refractivity contribution in [3.8, 4) is 0 Å². The summed E-state index contributed by atoms with van der Waals surface area (Å²) in [5.41, 5.74) is 7.03. The number of amides is 8. The van der Waals surface area contributed by atoms with Crippen LogP contribution in [0, 0.1) is 0 Å². The van der Waals surface area contributed by atoms with Crippen LogP contribution in [0.2, 0.25) is 0 Å². The molecule has 0 fully saturated rings. The molecule has 0 unspecified atom stereocenters. The first-order chi connectivity index (χ1) is 30.0. The minimum Gasteiger partial charge on any atom is -0.467 e. The lowest BCUT2D eigenvalue weighted by Crippen LogP contribution is -2.61. The van der Waals surface area contributed by atoms with E-state index in [-0.39, 0.29) is 25.9 Å². The van der Waals surface area contributed by atoms with Gasteiger partial charge in [-0.3, -0.25) is 25.2 Å². The van der Waals surface area contributed by atoms with Crippen LogP contribution in [-0.2, 0) is 54.6 Å². The van der Waals surface area contributed by atoms with Crippen LogP contribution < -0.4 is 32.1 Å². The zero-order valence-electron chi connectivity index (χ0n) is 36.3. The number of rotatable bonds is 16. The second-order valence-electron chi connectivity index (χ2n) is 15.6. The second kappa shape index (κ2) is 23.5. The molecular formula is C46H56N8O9. The first kappa shape index (κ1) is 48.2. The number of urea groups is 2. The summed E-state index contributed by atoms with van der Waals surface area (Å²) in [5.74, 6) is -2.98. The smallest absolute Gasteiger partial charge is 0.408 e. The Morgan fingerprint density at radius 2 is 0.873 bits per heavy atom. The topological polar surface area (TPSA) is 217 Å². The van der Waals surface area contributed by atoms with Gasteiger partial charge in [0.25, 0.3) is 11.8 Å². The summed E-state index contributed by atoms with van der Waals surface area (Å²) in [5, 5.41) is 12.4. The molecule has 17 heteroatoms. The highest BCUT2D eigenvalue weighted by molar-refractivity contribution is 5.93. The molecule has 6 N–H and O–H groups in total. The normalized spacial score (nSPS) is 12.7. The van der Waals surface area contributed by atoms with Gasteiger partial charge in [0.1, 0.15) is 29.8 Å². The van der Waals surface area contributed by atoms with Gasteiger partial charge in [-0.05, 0) is 56.9 Å². The van der Waals surface area contributed by atoms with E-state index >= 15 is 0 Å². The number of carbonyl (C=O) groups is 7. The highest BCUT2D eigenvalue weighted by Crippen LogP contribution is 2.12. The summed E-state index contributed by atoms with van der Waals surface area (Å²) in [6, 6.07) is 28.9. The van der Waals surface area contributed by atoms with Crippen molar-refractivity contribution in [3.63, 3.8) is 0 Å². The molecule has 0 radical (unpaired) electrons. The Kier molecular flexibility index (Phi) is 18.0. The monoisotopic (exact) mass is 864 g/mol. The number of esters is 1. The SMILES string of the molecule is COC(=O)[C@H](C)NC(=O)N(Cc1ccccc1)NC(=O)[C@H](Cc1ccccc1)NC(=O)[C@H](C)NC(=O)N(Cc1ccccc1)NC(=O)[C@H](Cc1ccccc1)NC(=O)OC(C)(C)C. The van der Waals surface area contributed by atoms with Crippen LogP contribution >= 0.6 is 0 Å². The van der Waals surface area contributed by atoms with E-state index in [1.165, 1.54) is 21.0 Å². The van der Waals surface area contributed by atoms with Crippen LogP contribution in [0.5, 0.6) is 0 Å². The number of nitrogens with zero attached hydrogens (tertiary/aromatic N) is 2. The summed E-state index contributed by atoms with van der Waals surface area (Å²) in [6.45, 7) is 7.66. The zero-order chi connectivity index (χ0) is 45.9. The summed E-state index contributed by atoms with van der Waals surface area (Å²) < 4.78 is 10.2. The molecule has 334 valence electrons. The van der Waals surface area contributed by atoms with Gasteiger partial charge >= 0.3 is 24.1 Å². The molecule has 4 aromatic rings. The van der Waals surface area contributed by atoms with E-state index in [9.17, 15) is 33.6 Å². The minimum atomic E-state index is -1.28. The maximum absolute atomic E-state index is 14.1. The molecule has 0 aliphatic heterocycles. The number of hydrazine groups is 2. The van der Waals surface area contributed by atoms with Crippen molar-refractivity contribution in [2.24, 2.45) is 0 Å². The quantitative estimate of drug-likeness (QED) is 0.0699. The molecule has 17 nitrogen and oxygen atoms in total. The molecule has 0 heterocycles. The standard InChI is InChI=1S/C46H56N8O9/c1-31(47-43(59)53(29-35-23-15-9-16-24-35)52-41(57)38(28-34-21-13-8-14-22-34)50-45(61)63-46(3,4)5)39(55)49-37(27-33-19-11-7-12-20-33)40(56)51-54(30-36-25-17-10-18-26-36)44(60)48-32(2)42(58)62-6/h7-26,31-32,37-38H,27-30H2,1-6H3,(H,47,59)(H,48,60)(H,49,55)(H,50,61)(H,51,56)(H,52,57)/t31-,32-,37-,38-/m0/s1. The number of alkyl carbamates (subject to hydrolysis) is 1. The van der Waals surface area contributed by atoms with E-state index in [0.717, 1.165) is 15.6 Å². The first-order valence-corrected chi connectivity index (χ1v) is 20.3. The lowest BCUT2D eigenvalue weighted by molar-refractivity contribution is -0.142. The Labute approximate surface area is 367 Å². The van der Waals surface area contributed by atoms with Gasteiger partial charge < -0.3 is 30.7 Å². The van der Waals surface area contributed by atoms with Crippen molar-refractivity contribution in [1.82, 2.24) is 42.1 Å². The van der Waals surface area contributed by atoms with Crippen molar-refractivity contribution in [2.75, 3.05) is 7.11 Å². The van der Waals surface area contributed by atoms with Gasteiger partial charge in [-0.25, -0.2) is 29.2 Å². The van der Waals surface area contributed by atoms with Gasteiger partial charge in [-0.15, -0.1) is 0 Å². The molecular weight excluding hydrogens is 809 g/mol. The average molecular weight is 865 g/mol. The molecule has 63 heavy (non-hydrogen) atoms. The lowest BCUT2D eigenvalue weighted by atomic mass is 10.0. The molecule has 0 aromatic heterocycles. The van der Waals surface area contributed by atoms with Gasteiger partial charge in [-0.2, -0.15) is 0 Å². The number of ether oxygens (including phenoxy) is 2. The molecule has 0 saturated carbocycles. The van der Waals surface area contributed by atoms with Gasteiger partial charge in [0.15, 0.2) is 0 Å². The van der Waals surface area contributed by atoms with Crippen molar-refractivity contribution in [3.05, 3.63) is 144 Å². The number of hydrogen-bond donors (Lipinski definition) is 6. The molecule has 0 saturated heterocycles. The number of nitrogens with one attached hydrogen (secondary N) is 6. The highest BCUT2D eigenvalue weighted by atomic mass is 16.6. The van der Waals surface area contributed by atoms with Crippen molar-refractivity contribution in [2.45, 2.75) is 90.3 Å². The molecule has 0 aliphatic carbocycles. The second-order valence-corrected chi connectivity index (χ2v) is 15.6. The fourth-order valence-electron chi connectivity index (χ4n) is 5.97. The Hall–Kier alpha value is -7.43. The van der Waals surface area contributed by atoms with E-state index in [1.54, 1.807) is 136 Å². The lowest BCUT2D eigenvalue weighted by Gasteiger charge is -2.29. The maximum Gasteiger partial charge on any atom is 0.408 e. The molecule has 0 aliphatic rings. The Bertz CT molecular complexity index is 2140. The molecule has 4 atom stereocenters. The number of carbonyl (C=O) groups excluding carboxylic acids is 7. The maximum atomic E-state index is 14.1. The first-order valence-electron chi connectivity index (χ1n) is 20.3. The third-order valence-electron chi connectivity index (χ3n) is 9.18. The predicted octanol–water partition coefficient (Wildman–Crippen LogP) is 4.29. The Balaban J connectivity index is 1.55. The van der Waals surface area contributed by atoms with Gasteiger partial charge in [0.05, 0.1) is 20.2 Å². The molecule has 8 amide bonds. The third-order valence-corrected chi connectivity index (χ3v) is 9.18. The highest BCUT2D eigenvalue weighted by Gasteiger charge is 2.31. The fourth-order valence-corrected chi connectivity index (χ4v) is 5.97. The van der Waals surface area contributed by atoms with Crippen LogP contribution in [0.25, 0.3) is 0 Å². The Morgan fingerprint density at radius 3 is 1.25 bits per heavy atom. The van der Waals surface area contributed by atoms with Gasteiger partial charge in [-0.1, -0.05) is 121 Å². The number of benzene rings is 4. The zero-order valence-corrected chi connectivity index (χ0v) is 36.3. The van der Waals surface area contributed by atoms with Crippen LogP contribution in [0.3, 0.4) is 0 Å². The van der Waals surface area contributed by atoms with E-state index < -0.39 is 71.6 Å². The summed E-state index contributed by atoms with van der Waals surface area (Å²) in [6.07, 6.45) is -0.788. The summed E-state index contributed by atoms with van der Waals surface area (Å²) in [4.78, 5) is 94.3. The molecule has 4 aromatic carbocycles. The Morgan fingerprint density at radius 1 is 0.508 bits per heavy atom. The number of hydrogen-bond acceptors (Lipinski definition) is 9. The third kappa shape index (κ3) is 16.5. The van der Waals surface area contributed by atoms with E-state index in [4.69, 9.17) is 9.47 Å². The van der Waals surface area contributed by atoms with Gasteiger partial charge in [0.2, 0.25) is 5.91 Å².